The van der Waals surface area contributed by atoms with Crippen molar-refractivity contribution in [3.63, 3.8) is 0 Å². The lowest BCUT2D eigenvalue weighted by molar-refractivity contribution is -0.122. The Morgan fingerprint density at radius 3 is 2.78 bits per heavy atom. The number of imidazole rings is 1. The first-order chi connectivity index (χ1) is 8.78. The number of carbonyl (C=O) groups excluding carboxylic acids is 1. The zero-order chi connectivity index (χ0) is 12.8. The first kappa shape index (κ1) is 12.2. The lowest BCUT2D eigenvalue weighted by atomic mass is 10.2. The number of carbonyl (C=O) groups is 1. The molecule has 5 heteroatoms. The van der Waals surface area contributed by atoms with Crippen LogP contribution in [0.15, 0.2) is 43.0 Å². The largest absolute Gasteiger partial charge is 0.484 e. The Hall–Kier alpha value is -2.30. The number of amides is 1. The van der Waals surface area contributed by atoms with E-state index in [0.717, 1.165) is 12.1 Å². The van der Waals surface area contributed by atoms with Crippen molar-refractivity contribution in [2.24, 2.45) is 0 Å². The molecule has 0 radical (unpaired) electrons. The Kier molecular flexibility index (Phi) is 3.96. The number of nitrogens with zero attached hydrogens (tertiary/aromatic N) is 2. The Morgan fingerprint density at radius 1 is 1.39 bits per heavy atom. The van der Waals surface area contributed by atoms with Crippen molar-refractivity contribution in [3.8, 4) is 5.75 Å². The van der Waals surface area contributed by atoms with Crippen LogP contribution in [-0.4, -0.2) is 29.1 Å². The highest BCUT2D eigenvalue weighted by Gasteiger charge is 2.00. The highest BCUT2D eigenvalue weighted by Crippen LogP contribution is 2.12. The Bertz CT molecular complexity index is 491. The molecule has 0 spiro atoms. The molecular formula is C13H15N3O2. The minimum Gasteiger partial charge on any atom is -0.484 e. The fourth-order valence-electron chi connectivity index (χ4n) is 1.50. The smallest absolute Gasteiger partial charge is 0.257 e. The van der Waals surface area contributed by atoms with Gasteiger partial charge in [-0.05, 0) is 17.7 Å². The number of likely N-dealkylation sites (N-methyl/N-ethyl adjacent to an activating group) is 1. The fourth-order valence-corrected chi connectivity index (χ4v) is 1.50. The molecule has 0 aliphatic heterocycles. The number of hydrogen-bond donors (Lipinski definition) is 1. The van der Waals surface area contributed by atoms with Crippen LogP contribution < -0.4 is 10.1 Å². The molecule has 1 aromatic carbocycles. The molecule has 94 valence electrons. The van der Waals surface area contributed by atoms with Crippen molar-refractivity contribution in [2.75, 3.05) is 13.7 Å². The third kappa shape index (κ3) is 3.35. The van der Waals surface area contributed by atoms with E-state index in [1.54, 1.807) is 19.6 Å². The molecule has 1 aromatic heterocycles. The van der Waals surface area contributed by atoms with Crippen LogP contribution in [0.25, 0.3) is 0 Å². The van der Waals surface area contributed by atoms with E-state index in [-0.39, 0.29) is 12.5 Å². The lowest BCUT2D eigenvalue weighted by Crippen LogP contribution is -2.24. The highest BCUT2D eigenvalue weighted by atomic mass is 16.5. The molecule has 0 saturated carbocycles. The van der Waals surface area contributed by atoms with Crippen LogP contribution in [0.5, 0.6) is 5.75 Å². The first-order valence-electron chi connectivity index (χ1n) is 5.66. The maximum atomic E-state index is 11.0. The average Bonchev–Trinajstić information content (AvgIpc) is 2.90. The minimum atomic E-state index is -0.141. The maximum Gasteiger partial charge on any atom is 0.257 e. The number of aromatic nitrogens is 2. The van der Waals surface area contributed by atoms with E-state index < -0.39 is 0 Å². The molecule has 0 saturated heterocycles. The molecule has 0 bridgehead atoms. The van der Waals surface area contributed by atoms with Crippen molar-refractivity contribution in [3.05, 3.63) is 48.5 Å². The lowest BCUT2D eigenvalue weighted by Gasteiger charge is -2.06. The fraction of sp³-hybridized carbons (Fsp3) is 0.231. The van der Waals surface area contributed by atoms with Crippen molar-refractivity contribution >= 4 is 5.91 Å². The number of nitrogens with one attached hydrogen (secondary N) is 1. The summed E-state index contributed by atoms with van der Waals surface area (Å²) < 4.78 is 7.30. The van der Waals surface area contributed by atoms with Gasteiger partial charge < -0.3 is 14.6 Å². The summed E-state index contributed by atoms with van der Waals surface area (Å²) >= 11 is 0. The second kappa shape index (κ2) is 5.86. The van der Waals surface area contributed by atoms with Gasteiger partial charge >= 0.3 is 0 Å². The van der Waals surface area contributed by atoms with E-state index >= 15 is 0 Å². The topological polar surface area (TPSA) is 56.1 Å². The predicted molar refractivity (Wildman–Crippen MR) is 67.3 cm³/mol. The van der Waals surface area contributed by atoms with Gasteiger partial charge in [0.15, 0.2) is 6.61 Å². The zero-order valence-corrected chi connectivity index (χ0v) is 10.2. The van der Waals surface area contributed by atoms with Crippen molar-refractivity contribution in [1.82, 2.24) is 14.9 Å². The second-order valence-corrected chi connectivity index (χ2v) is 3.84. The van der Waals surface area contributed by atoms with Crippen LogP contribution >= 0.6 is 0 Å². The molecular weight excluding hydrogens is 230 g/mol. The Labute approximate surface area is 105 Å². The Morgan fingerprint density at radius 2 is 2.17 bits per heavy atom. The van der Waals surface area contributed by atoms with Gasteiger partial charge in [0, 0.05) is 26.0 Å². The van der Waals surface area contributed by atoms with Crippen LogP contribution in [-0.2, 0) is 11.3 Å². The van der Waals surface area contributed by atoms with E-state index in [2.05, 4.69) is 10.3 Å². The molecule has 1 heterocycles. The number of rotatable bonds is 5. The normalized spacial score (nSPS) is 10.1. The quantitative estimate of drug-likeness (QED) is 0.856. The number of benzene rings is 1. The molecule has 18 heavy (non-hydrogen) atoms. The molecule has 1 N–H and O–H groups in total. The first-order valence-corrected chi connectivity index (χ1v) is 5.66. The van der Waals surface area contributed by atoms with E-state index in [1.165, 1.54) is 0 Å². The molecule has 5 nitrogen and oxygen atoms in total. The summed E-state index contributed by atoms with van der Waals surface area (Å²) in [4.78, 5) is 15.0. The summed E-state index contributed by atoms with van der Waals surface area (Å²) in [6, 6.07) is 7.66. The third-order valence-corrected chi connectivity index (χ3v) is 2.50. The van der Waals surface area contributed by atoms with E-state index in [9.17, 15) is 4.79 Å². The van der Waals surface area contributed by atoms with Gasteiger partial charge in [-0.15, -0.1) is 0 Å². The van der Waals surface area contributed by atoms with Crippen LogP contribution in [0.1, 0.15) is 5.56 Å². The number of ether oxygens (including phenoxy) is 1. The van der Waals surface area contributed by atoms with Crippen molar-refractivity contribution < 1.29 is 9.53 Å². The van der Waals surface area contributed by atoms with Crippen LogP contribution in [0.2, 0.25) is 0 Å². The third-order valence-electron chi connectivity index (χ3n) is 2.50. The minimum absolute atomic E-state index is 0.0391. The predicted octanol–water partition coefficient (Wildman–Crippen LogP) is 1.06. The SMILES string of the molecule is CNC(=O)COc1ccc(Cn2ccnc2)cc1. The van der Waals surface area contributed by atoms with Gasteiger partial charge in [-0.25, -0.2) is 4.98 Å². The molecule has 0 aliphatic rings. The van der Waals surface area contributed by atoms with Gasteiger partial charge in [0.05, 0.1) is 6.33 Å². The standard InChI is InChI=1S/C13H15N3O2/c1-14-13(17)9-18-12-4-2-11(3-5-12)8-16-7-6-15-10-16/h2-7,10H,8-9H2,1H3,(H,14,17). The van der Waals surface area contributed by atoms with Gasteiger partial charge in [0.2, 0.25) is 0 Å². The second-order valence-electron chi connectivity index (χ2n) is 3.84. The van der Waals surface area contributed by atoms with Gasteiger partial charge in [-0.1, -0.05) is 12.1 Å². The van der Waals surface area contributed by atoms with Gasteiger partial charge in [-0.2, -0.15) is 0 Å². The molecule has 0 unspecified atom stereocenters. The molecule has 2 rings (SSSR count). The van der Waals surface area contributed by atoms with Gasteiger partial charge in [-0.3, -0.25) is 4.79 Å². The van der Waals surface area contributed by atoms with E-state index in [4.69, 9.17) is 4.74 Å². The summed E-state index contributed by atoms with van der Waals surface area (Å²) in [6.45, 7) is 0.813. The van der Waals surface area contributed by atoms with E-state index in [1.807, 2.05) is 35.0 Å². The number of hydrogen-bond acceptors (Lipinski definition) is 3. The van der Waals surface area contributed by atoms with Crippen LogP contribution in [0, 0.1) is 0 Å². The van der Waals surface area contributed by atoms with Crippen molar-refractivity contribution in [1.29, 1.82) is 0 Å². The summed E-state index contributed by atoms with van der Waals surface area (Å²) in [6.07, 6.45) is 5.44. The summed E-state index contributed by atoms with van der Waals surface area (Å²) in [5.41, 5.74) is 1.15. The molecule has 1 amide bonds. The molecule has 0 aliphatic carbocycles. The van der Waals surface area contributed by atoms with Crippen LogP contribution in [0.4, 0.5) is 0 Å². The summed E-state index contributed by atoms with van der Waals surface area (Å²) in [5, 5.41) is 2.50. The van der Waals surface area contributed by atoms with Crippen LogP contribution in [0.3, 0.4) is 0 Å². The van der Waals surface area contributed by atoms with Gasteiger partial charge in [0.25, 0.3) is 5.91 Å². The molecule has 0 fully saturated rings. The Balaban J connectivity index is 1.91. The maximum absolute atomic E-state index is 11.0. The van der Waals surface area contributed by atoms with E-state index in [0.29, 0.717) is 5.75 Å². The summed E-state index contributed by atoms with van der Waals surface area (Å²) in [7, 11) is 1.58. The van der Waals surface area contributed by atoms with Gasteiger partial charge in [0.1, 0.15) is 5.75 Å². The molecule has 0 atom stereocenters. The zero-order valence-electron chi connectivity index (χ0n) is 10.2. The monoisotopic (exact) mass is 245 g/mol. The highest BCUT2D eigenvalue weighted by molar-refractivity contribution is 5.77. The molecule has 2 aromatic rings. The average molecular weight is 245 g/mol. The van der Waals surface area contributed by atoms with Crippen molar-refractivity contribution in [2.45, 2.75) is 6.54 Å². The summed E-state index contributed by atoms with van der Waals surface area (Å²) in [5.74, 6) is 0.547.